The van der Waals surface area contributed by atoms with E-state index in [2.05, 4.69) is 15.4 Å². The second kappa shape index (κ2) is 6.41. The van der Waals surface area contributed by atoms with Gasteiger partial charge in [0.15, 0.2) is 11.5 Å². The van der Waals surface area contributed by atoms with Gasteiger partial charge >= 0.3 is 12.2 Å². The largest absolute Gasteiger partial charge is 0.434 e. The monoisotopic (exact) mass is 356 g/mol. The van der Waals surface area contributed by atoms with E-state index < -0.39 is 11.9 Å². The summed E-state index contributed by atoms with van der Waals surface area (Å²) in [7, 11) is 3.40. The molecule has 0 saturated heterocycles. The zero-order chi connectivity index (χ0) is 18.2. The van der Waals surface area contributed by atoms with Crippen molar-refractivity contribution in [1.29, 1.82) is 0 Å². The summed E-state index contributed by atoms with van der Waals surface area (Å²) in [5.74, 6) is 0.973. The molecule has 25 heavy (non-hydrogen) atoms. The van der Waals surface area contributed by atoms with Gasteiger partial charge in [-0.3, -0.25) is 10.00 Å². The Kier molecular flexibility index (Phi) is 4.44. The van der Waals surface area contributed by atoms with Crippen LogP contribution in [0.15, 0.2) is 18.5 Å². The number of nitrogens with zero attached hydrogens (tertiary/aromatic N) is 5. The molecule has 0 aliphatic carbocycles. The van der Waals surface area contributed by atoms with Gasteiger partial charge in [0, 0.05) is 52.1 Å². The highest BCUT2D eigenvalue weighted by Gasteiger charge is 2.36. The van der Waals surface area contributed by atoms with Gasteiger partial charge in [-0.05, 0) is 12.3 Å². The second-order valence-corrected chi connectivity index (χ2v) is 6.28. The first-order valence-electron chi connectivity index (χ1n) is 7.87. The third-order valence-corrected chi connectivity index (χ3v) is 4.21. The number of anilines is 1. The number of carbonyl (C=O) groups excluding carboxylic acids is 1. The van der Waals surface area contributed by atoms with Crippen molar-refractivity contribution in [3.05, 3.63) is 30.0 Å². The maximum atomic E-state index is 12.8. The number of nitrogens with one attached hydrogen (secondary N) is 1. The van der Waals surface area contributed by atoms with Crippen molar-refractivity contribution in [2.45, 2.75) is 25.6 Å². The fourth-order valence-corrected chi connectivity index (χ4v) is 2.96. The highest BCUT2D eigenvalue weighted by atomic mass is 19.4. The molecule has 0 aromatic carbocycles. The summed E-state index contributed by atoms with van der Waals surface area (Å²) < 4.78 is 41.4. The van der Waals surface area contributed by atoms with Gasteiger partial charge in [0.1, 0.15) is 5.82 Å². The molecule has 0 unspecified atom stereocenters. The molecule has 3 heterocycles. The molecule has 1 N–H and O–H groups in total. The number of urea groups is 1. The molecule has 0 saturated carbocycles. The molecule has 2 amide bonds. The number of hydrogen-bond donors (Lipinski definition) is 1. The number of amides is 2. The second-order valence-electron chi connectivity index (χ2n) is 6.28. The molecule has 0 fully saturated rings. The average Bonchev–Trinajstić information content (AvgIpc) is 3.12. The maximum absolute atomic E-state index is 12.8. The number of alkyl halides is 3. The van der Waals surface area contributed by atoms with Gasteiger partial charge < -0.3 is 9.47 Å². The van der Waals surface area contributed by atoms with Gasteiger partial charge in [0.25, 0.3) is 0 Å². The molecule has 1 atom stereocenters. The molecular weight excluding hydrogens is 337 g/mol. The van der Waals surface area contributed by atoms with Crippen LogP contribution in [0.2, 0.25) is 0 Å². The SMILES string of the molecule is CN(C[C@@H]1CCc2nc(C(F)(F)F)cn2C1)C(=O)Nc1ccn(C)n1. The number of carbonyl (C=O) groups is 1. The van der Waals surface area contributed by atoms with Crippen molar-refractivity contribution >= 4 is 11.8 Å². The van der Waals surface area contributed by atoms with Crippen LogP contribution in [-0.4, -0.2) is 43.9 Å². The Balaban J connectivity index is 1.58. The number of rotatable bonds is 3. The Labute approximate surface area is 142 Å². The first-order valence-corrected chi connectivity index (χ1v) is 7.87. The lowest BCUT2D eigenvalue weighted by Gasteiger charge is -2.28. The van der Waals surface area contributed by atoms with E-state index >= 15 is 0 Å². The average molecular weight is 356 g/mol. The molecule has 1 aliphatic rings. The molecule has 0 bridgehead atoms. The van der Waals surface area contributed by atoms with Gasteiger partial charge in [0.2, 0.25) is 0 Å². The van der Waals surface area contributed by atoms with Gasteiger partial charge in [-0.25, -0.2) is 9.78 Å². The Bertz CT molecular complexity index is 766. The molecule has 2 aromatic heterocycles. The van der Waals surface area contributed by atoms with Crippen LogP contribution in [0.5, 0.6) is 0 Å². The van der Waals surface area contributed by atoms with E-state index in [0.29, 0.717) is 37.6 Å². The Hall–Kier alpha value is -2.52. The Morgan fingerprint density at radius 2 is 2.24 bits per heavy atom. The van der Waals surface area contributed by atoms with Crippen molar-refractivity contribution in [2.75, 3.05) is 18.9 Å². The van der Waals surface area contributed by atoms with E-state index in [4.69, 9.17) is 0 Å². The quantitative estimate of drug-likeness (QED) is 0.918. The van der Waals surface area contributed by atoms with Crippen molar-refractivity contribution < 1.29 is 18.0 Å². The summed E-state index contributed by atoms with van der Waals surface area (Å²) in [6.45, 7) is 0.858. The lowest BCUT2D eigenvalue weighted by Crippen LogP contribution is -2.37. The van der Waals surface area contributed by atoms with Crippen LogP contribution >= 0.6 is 0 Å². The van der Waals surface area contributed by atoms with Gasteiger partial charge in [0.05, 0.1) is 0 Å². The van der Waals surface area contributed by atoms with Crippen molar-refractivity contribution in [1.82, 2.24) is 24.2 Å². The third-order valence-electron chi connectivity index (χ3n) is 4.21. The van der Waals surface area contributed by atoms with E-state index in [1.165, 1.54) is 4.90 Å². The number of aryl methyl sites for hydroxylation is 2. The van der Waals surface area contributed by atoms with Crippen LogP contribution in [0.25, 0.3) is 0 Å². The smallest absolute Gasteiger partial charge is 0.334 e. The molecule has 7 nitrogen and oxygen atoms in total. The maximum Gasteiger partial charge on any atom is 0.434 e. The summed E-state index contributed by atoms with van der Waals surface area (Å²) in [5, 5.41) is 6.76. The topological polar surface area (TPSA) is 68.0 Å². The lowest BCUT2D eigenvalue weighted by molar-refractivity contribution is -0.141. The zero-order valence-corrected chi connectivity index (χ0v) is 13.9. The predicted octanol–water partition coefficient (Wildman–Crippen LogP) is 2.36. The molecule has 2 aromatic rings. The van der Waals surface area contributed by atoms with E-state index in [9.17, 15) is 18.0 Å². The minimum atomic E-state index is -4.43. The fourth-order valence-electron chi connectivity index (χ4n) is 2.96. The van der Waals surface area contributed by atoms with Crippen LogP contribution in [0.4, 0.5) is 23.8 Å². The first kappa shape index (κ1) is 17.3. The van der Waals surface area contributed by atoms with E-state index in [1.807, 2.05) is 0 Å². The third kappa shape index (κ3) is 3.94. The zero-order valence-electron chi connectivity index (χ0n) is 13.9. The summed E-state index contributed by atoms with van der Waals surface area (Å²) >= 11 is 0. The van der Waals surface area contributed by atoms with Gasteiger partial charge in [-0.1, -0.05) is 0 Å². The minimum absolute atomic E-state index is 0.0715. The molecule has 10 heteroatoms. The van der Waals surface area contributed by atoms with E-state index in [1.54, 1.807) is 35.6 Å². The van der Waals surface area contributed by atoms with Crippen LogP contribution < -0.4 is 5.32 Å². The highest BCUT2D eigenvalue weighted by Crippen LogP contribution is 2.30. The van der Waals surface area contributed by atoms with Crippen LogP contribution in [0, 0.1) is 5.92 Å². The summed E-state index contributed by atoms with van der Waals surface area (Å²) in [5.41, 5.74) is -0.857. The van der Waals surface area contributed by atoms with Crippen LogP contribution in [0.1, 0.15) is 17.9 Å². The summed E-state index contributed by atoms with van der Waals surface area (Å²) in [6, 6.07) is 1.38. The van der Waals surface area contributed by atoms with E-state index in [-0.39, 0.29) is 11.9 Å². The molecule has 1 aliphatic heterocycles. The number of aromatic nitrogens is 4. The minimum Gasteiger partial charge on any atom is -0.334 e. The standard InChI is InChI=1S/C15H19F3N6O/c1-22(14(25)20-12-5-6-23(2)21-12)7-10-3-4-13-19-11(15(16,17)18)9-24(13)8-10/h5-6,9-10H,3-4,7-8H2,1-2H3,(H,20,21,25)/t10-/m0/s1. The lowest BCUT2D eigenvalue weighted by atomic mass is 9.99. The number of hydrogen-bond acceptors (Lipinski definition) is 3. The number of fused-ring (bicyclic) bond motifs is 1. The van der Waals surface area contributed by atoms with Crippen LogP contribution in [0.3, 0.4) is 0 Å². The number of halogens is 3. The predicted molar refractivity (Wildman–Crippen MR) is 83.9 cm³/mol. The normalized spacial score (nSPS) is 17.2. The molecular formula is C15H19F3N6O. The Morgan fingerprint density at radius 1 is 1.48 bits per heavy atom. The molecule has 0 radical (unpaired) electrons. The van der Waals surface area contributed by atoms with Crippen molar-refractivity contribution in [2.24, 2.45) is 13.0 Å². The number of imidazole rings is 1. The molecule has 136 valence electrons. The van der Waals surface area contributed by atoms with Crippen molar-refractivity contribution in [3.8, 4) is 0 Å². The van der Waals surface area contributed by atoms with Gasteiger partial charge in [-0.2, -0.15) is 18.3 Å². The fraction of sp³-hybridized carbons (Fsp3) is 0.533. The molecule has 0 spiro atoms. The van der Waals surface area contributed by atoms with E-state index in [0.717, 1.165) is 6.20 Å². The van der Waals surface area contributed by atoms with Crippen molar-refractivity contribution in [3.63, 3.8) is 0 Å². The molecule has 3 rings (SSSR count). The van der Waals surface area contributed by atoms with Crippen LogP contribution in [-0.2, 0) is 26.2 Å². The Morgan fingerprint density at radius 3 is 2.88 bits per heavy atom. The first-order chi connectivity index (χ1) is 11.7. The summed E-state index contributed by atoms with van der Waals surface area (Å²) in [4.78, 5) is 17.4. The highest BCUT2D eigenvalue weighted by molar-refractivity contribution is 5.87. The summed E-state index contributed by atoms with van der Waals surface area (Å²) in [6.07, 6.45) is -0.504. The van der Waals surface area contributed by atoms with Gasteiger partial charge in [-0.15, -0.1) is 0 Å².